The summed E-state index contributed by atoms with van der Waals surface area (Å²) in [5.41, 5.74) is 3.56. The number of fused-ring (bicyclic) bond motifs is 1. The van der Waals surface area contributed by atoms with Crippen LogP contribution in [-0.4, -0.2) is 34.8 Å². The van der Waals surface area contributed by atoms with Crippen molar-refractivity contribution in [2.24, 2.45) is 0 Å². The largest absolute Gasteiger partial charge is 0.371 e. The van der Waals surface area contributed by atoms with Crippen molar-refractivity contribution in [1.82, 2.24) is 15.1 Å². The fraction of sp³-hybridized carbons (Fsp3) is 0.278. The van der Waals surface area contributed by atoms with Crippen molar-refractivity contribution in [2.45, 2.75) is 12.6 Å². The Balaban J connectivity index is 1.47. The lowest BCUT2D eigenvalue weighted by Gasteiger charge is -2.33. The predicted molar refractivity (Wildman–Crippen MR) is 91.5 cm³/mol. The summed E-state index contributed by atoms with van der Waals surface area (Å²) in [7, 11) is 0. The first kappa shape index (κ1) is 14.7. The Kier molecular flexibility index (Phi) is 4.04. The summed E-state index contributed by atoms with van der Waals surface area (Å²) in [6, 6.07) is 14.4. The number of rotatable bonds is 3. The molecule has 5 heteroatoms. The molecule has 0 spiro atoms. The van der Waals surface area contributed by atoms with Gasteiger partial charge in [-0.2, -0.15) is 5.10 Å². The van der Waals surface area contributed by atoms with Gasteiger partial charge >= 0.3 is 0 Å². The summed E-state index contributed by atoms with van der Waals surface area (Å²) in [5.74, 6) is 0. The number of nitrogens with one attached hydrogen (secondary N) is 1. The molecular weight excluding hydrogens is 310 g/mol. The molecule has 3 aromatic rings. The summed E-state index contributed by atoms with van der Waals surface area (Å²) in [6.45, 7) is 3.51. The van der Waals surface area contributed by atoms with E-state index in [1.807, 2.05) is 30.5 Å². The molecule has 1 aromatic heterocycles. The van der Waals surface area contributed by atoms with Gasteiger partial charge in [0.1, 0.15) is 0 Å². The van der Waals surface area contributed by atoms with Gasteiger partial charge in [0.2, 0.25) is 0 Å². The molecule has 0 bridgehead atoms. The molecule has 0 radical (unpaired) electrons. The van der Waals surface area contributed by atoms with Crippen molar-refractivity contribution < 1.29 is 4.74 Å². The van der Waals surface area contributed by atoms with Crippen molar-refractivity contribution in [3.63, 3.8) is 0 Å². The number of morpholine rings is 1. The van der Waals surface area contributed by atoms with E-state index in [2.05, 4.69) is 33.3 Å². The van der Waals surface area contributed by atoms with Gasteiger partial charge in [-0.15, -0.1) is 0 Å². The molecule has 118 valence electrons. The average Bonchev–Trinajstić information content (AvgIpc) is 3.03. The second-order valence-electron chi connectivity index (χ2n) is 5.94. The Labute approximate surface area is 140 Å². The highest BCUT2D eigenvalue weighted by Gasteiger charge is 2.22. The van der Waals surface area contributed by atoms with Crippen molar-refractivity contribution in [3.05, 3.63) is 64.8 Å². The third-order valence-corrected chi connectivity index (χ3v) is 4.56. The Morgan fingerprint density at radius 2 is 2.09 bits per heavy atom. The van der Waals surface area contributed by atoms with Gasteiger partial charge in [-0.05, 0) is 29.3 Å². The van der Waals surface area contributed by atoms with Gasteiger partial charge in [0.15, 0.2) is 0 Å². The third kappa shape index (κ3) is 3.24. The molecule has 0 amide bonds. The molecule has 1 N–H and O–H groups in total. The van der Waals surface area contributed by atoms with E-state index in [-0.39, 0.29) is 6.10 Å². The number of aromatic amines is 1. The standard InChI is InChI=1S/C18H18ClN3O/c19-16-5-3-14(4-6-16)18-12-22(7-8-23-18)11-13-1-2-15-10-20-21-17(15)9-13/h1-6,9-10,18H,7-8,11-12H2,(H,20,21). The van der Waals surface area contributed by atoms with Crippen LogP contribution in [0.25, 0.3) is 10.9 Å². The van der Waals surface area contributed by atoms with Crippen LogP contribution in [0, 0.1) is 0 Å². The Hall–Kier alpha value is -1.88. The van der Waals surface area contributed by atoms with Gasteiger partial charge in [-0.3, -0.25) is 10.00 Å². The van der Waals surface area contributed by atoms with Crippen LogP contribution in [0.2, 0.25) is 5.02 Å². The van der Waals surface area contributed by atoms with Crippen LogP contribution >= 0.6 is 11.6 Å². The number of nitrogens with zero attached hydrogens (tertiary/aromatic N) is 2. The molecule has 1 fully saturated rings. The molecule has 4 nitrogen and oxygen atoms in total. The van der Waals surface area contributed by atoms with E-state index in [1.54, 1.807) is 0 Å². The smallest absolute Gasteiger partial charge is 0.0952 e. The van der Waals surface area contributed by atoms with Crippen LogP contribution in [0.1, 0.15) is 17.2 Å². The van der Waals surface area contributed by atoms with E-state index in [0.29, 0.717) is 0 Å². The van der Waals surface area contributed by atoms with Gasteiger partial charge in [-0.1, -0.05) is 35.9 Å². The Morgan fingerprint density at radius 1 is 1.22 bits per heavy atom. The number of hydrogen-bond donors (Lipinski definition) is 1. The highest BCUT2D eigenvalue weighted by molar-refractivity contribution is 6.30. The number of benzene rings is 2. The fourth-order valence-corrected chi connectivity index (χ4v) is 3.19. The summed E-state index contributed by atoms with van der Waals surface area (Å²) < 4.78 is 5.93. The zero-order valence-electron chi connectivity index (χ0n) is 12.7. The maximum absolute atomic E-state index is 5.97. The molecule has 4 rings (SSSR count). The van der Waals surface area contributed by atoms with Gasteiger partial charge < -0.3 is 4.74 Å². The van der Waals surface area contributed by atoms with Crippen molar-refractivity contribution >= 4 is 22.5 Å². The van der Waals surface area contributed by atoms with E-state index in [0.717, 1.165) is 42.2 Å². The van der Waals surface area contributed by atoms with Crippen LogP contribution < -0.4 is 0 Å². The van der Waals surface area contributed by atoms with E-state index < -0.39 is 0 Å². The van der Waals surface area contributed by atoms with Gasteiger partial charge in [0.05, 0.1) is 24.4 Å². The average molecular weight is 328 g/mol. The topological polar surface area (TPSA) is 41.2 Å². The SMILES string of the molecule is Clc1ccc(C2CN(Cc3ccc4cn[nH]c4c3)CCO2)cc1. The number of hydrogen-bond acceptors (Lipinski definition) is 3. The zero-order valence-corrected chi connectivity index (χ0v) is 13.5. The summed E-state index contributed by atoms with van der Waals surface area (Å²) >= 11 is 5.97. The monoisotopic (exact) mass is 327 g/mol. The van der Waals surface area contributed by atoms with Crippen molar-refractivity contribution in [3.8, 4) is 0 Å². The zero-order chi connectivity index (χ0) is 15.6. The first-order valence-corrected chi connectivity index (χ1v) is 8.17. The molecule has 1 aliphatic rings. The first-order valence-electron chi connectivity index (χ1n) is 7.79. The van der Waals surface area contributed by atoms with Crippen molar-refractivity contribution in [1.29, 1.82) is 0 Å². The molecule has 2 aromatic carbocycles. The molecule has 1 unspecified atom stereocenters. The Bertz CT molecular complexity index is 799. The van der Waals surface area contributed by atoms with Crippen LogP contribution in [0.5, 0.6) is 0 Å². The van der Waals surface area contributed by atoms with Gasteiger partial charge in [0.25, 0.3) is 0 Å². The molecule has 1 aliphatic heterocycles. The van der Waals surface area contributed by atoms with Gasteiger partial charge in [-0.25, -0.2) is 0 Å². The van der Waals surface area contributed by atoms with Crippen LogP contribution in [0.15, 0.2) is 48.7 Å². The summed E-state index contributed by atoms with van der Waals surface area (Å²) in [6.07, 6.45) is 1.96. The lowest BCUT2D eigenvalue weighted by molar-refractivity contribution is -0.0329. The summed E-state index contributed by atoms with van der Waals surface area (Å²) in [5, 5.41) is 9.02. The normalized spacial score (nSPS) is 19.3. The second-order valence-corrected chi connectivity index (χ2v) is 6.37. The number of ether oxygens (including phenoxy) is 1. The van der Waals surface area contributed by atoms with E-state index in [9.17, 15) is 0 Å². The van der Waals surface area contributed by atoms with Crippen LogP contribution in [0.3, 0.4) is 0 Å². The molecule has 0 saturated carbocycles. The molecule has 0 aliphatic carbocycles. The van der Waals surface area contributed by atoms with Gasteiger partial charge in [0, 0.05) is 30.0 Å². The Morgan fingerprint density at radius 3 is 2.96 bits per heavy atom. The maximum Gasteiger partial charge on any atom is 0.0952 e. The molecule has 2 heterocycles. The minimum absolute atomic E-state index is 0.108. The molecule has 1 atom stereocenters. The lowest BCUT2D eigenvalue weighted by Crippen LogP contribution is -2.37. The molecule has 23 heavy (non-hydrogen) atoms. The molecular formula is C18H18ClN3O. The first-order chi connectivity index (χ1) is 11.3. The third-order valence-electron chi connectivity index (χ3n) is 4.30. The van der Waals surface area contributed by atoms with Crippen LogP contribution in [-0.2, 0) is 11.3 Å². The number of H-pyrrole nitrogens is 1. The lowest BCUT2D eigenvalue weighted by atomic mass is 10.1. The minimum Gasteiger partial charge on any atom is -0.371 e. The van der Waals surface area contributed by atoms with E-state index in [1.165, 1.54) is 11.1 Å². The quantitative estimate of drug-likeness (QED) is 0.795. The fourth-order valence-electron chi connectivity index (χ4n) is 3.07. The summed E-state index contributed by atoms with van der Waals surface area (Å²) in [4.78, 5) is 2.43. The van der Waals surface area contributed by atoms with E-state index in [4.69, 9.17) is 16.3 Å². The van der Waals surface area contributed by atoms with Crippen LogP contribution in [0.4, 0.5) is 0 Å². The van der Waals surface area contributed by atoms with Crippen molar-refractivity contribution in [2.75, 3.05) is 19.7 Å². The predicted octanol–water partition coefficient (Wildman–Crippen LogP) is 3.79. The minimum atomic E-state index is 0.108. The highest BCUT2D eigenvalue weighted by Crippen LogP contribution is 2.25. The number of halogens is 1. The number of aromatic nitrogens is 2. The highest BCUT2D eigenvalue weighted by atomic mass is 35.5. The maximum atomic E-state index is 5.97. The second kappa shape index (κ2) is 6.32. The molecule has 1 saturated heterocycles. The van der Waals surface area contributed by atoms with E-state index >= 15 is 0 Å².